The van der Waals surface area contributed by atoms with Crippen LogP contribution in [0.2, 0.25) is 0 Å². The largest absolute Gasteiger partial charge is 0.304 e. The van der Waals surface area contributed by atoms with Crippen molar-refractivity contribution in [1.82, 2.24) is 24.1 Å². The fourth-order valence-corrected chi connectivity index (χ4v) is 3.09. The van der Waals surface area contributed by atoms with Gasteiger partial charge in [-0.25, -0.2) is 9.37 Å². The highest BCUT2D eigenvalue weighted by molar-refractivity contribution is 5.39. The Morgan fingerprint density at radius 3 is 3.04 bits per heavy atom. The molecule has 3 aromatic rings. The summed E-state index contributed by atoms with van der Waals surface area (Å²) in [7, 11) is 0. The molecule has 0 spiro atoms. The lowest BCUT2D eigenvalue weighted by molar-refractivity contribution is 0.308. The van der Waals surface area contributed by atoms with Gasteiger partial charge < -0.3 is 4.40 Å². The summed E-state index contributed by atoms with van der Waals surface area (Å²) in [6, 6.07) is 5.48. The van der Waals surface area contributed by atoms with Crippen LogP contribution in [0.4, 0.5) is 4.39 Å². The quantitative estimate of drug-likeness (QED) is 0.742. The van der Waals surface area contributed by atoms with Crippen LogP contribution in [0.15, 0.2) is 36.9 Å². The van der Waals surface area contributed by atoms with E-state index in [9.17, 15) is 4.39 Å². The standard InChI is InChI=1S/C16H15FN6/c17-13-1-2-16-20-14(10-22(16)8-13)9-21-4-3-15(11-21)23-7-12(5-18)6-19-23/h1-2,6-8,10,15H,3-4,9,11H2. The van der Waals surface area contributed by atoms with Crippen LogP contribution in [-0.4, -0.2) is 37.2 Å². The molecule has 1 unspecified atom stereocenters. The van der Waals surface area contributed by atoms with Gasteiger partial charge in [-0.05, 0) is 18.6 Å². The average Bonchev–Trinajstić information content (AvgIpc) is 3.24. The molecule has 6 nitrogen and oxygen atoms in total. The summed E-state index contributed by atoms with van der Waals surface area (Å²) >= 11 is 0. The summed E-state index contributed by atoms with van der Waals surface area (Å²) in [5, 5.41) is 13.1. The maximum atomic E-state index is 13.2. The van der Waals surface area contributed by atoms with Gasteiger partial charge >= 0.3 is 0 Å². The first kappa shape index (κ1) is 13.9. The minimum absolute atomic E-state index is 0.269. The van der Waals surface area contributed by atoms with Gasteiger partial charge in [0.15, 0.2) is 0 Å². The van der Waals surface area contributed by atoms with Crippen molar-refractivity contribution >= 4 is 5.65 Å². The van der Waals surface area contributed by atoms with Crippen LogP contribution in [0.1, 0.15) is 23.7 Å². The Bertz CT molecular complexity index is 889. The Kier molecular flexibility index (Phi) is 3.32. The summed E-state index contributed by atoms with van der Waals surface area (Å²) in [6.07, 6.45) is 7.69. The van der Waals surface area contributed by atoms with Crippen LogP contribution in [0, 0.1) is 17.1 Å². The molecule has 1 saturated heterocycles. The van der Waals surface area contributed by atoms with E-state index in [4.69, 9.17) is 5.26 Å². The Labute approximate surface area is 132 Å². The number of nitrogens with zero attached hydrogens (tertiary/aromatic N) is 6. The number of aromatic nitrogens is 4. The van der Waals surface area contributed by atoms with Crippen LogP contribution in [0.5, 0.6) is 0 Å². The molecule has 0 radical (unpaired) electrons. The van der Waals surface area contributed by atoms with Crippen LogP contribution in [0.3, 0.4) is 0 Å². The molecule has 0 saturated carbocycles. The van der Waals surface area contributed by atoms with Crippen molar-refractivity contribution in [3.63, 3.8) is 0 Å². The van der Waals surface area contributed by atoms with Gasteiger partial charge in [0.1, 0.15) is 17.5 Å². The predicted octanol–water partition coefficient (Wildman–Crippen LogP) is 1.99. The Balaban J connectivity index is 1.46. The minimum Gasteiger partial charge on any atom is -0.304 e. The van der Waals surface area contributed by atoms with Crippen molar-refractivity contribution in [2.45, 2.75) is 19.0 Å². The molecule has 116 valence electrons. The fraction of sp³-hybridized carbons (Fsp3) is 0.312. The summed E-state index contributed by atoms with van der Waals surface area (Å²) in [4.78, 5) is 6.82. The first-order valence-corrected chi connectivity index (χ1v) is 7.51. The molecule has 1 aliphatic rings. The van der Waals surface area contributed by atoms with Gasteiger partial charge in [0.05, 0.1) is 23.5 Å². The lowest BCUT2D eigenvalue weighted by Crippen LogP contribution is -2.21. The van der Waals surface area contributed by atoms with E-state index in [1.807, 2.05) is 10.9 Å². The van der Waals surface area contributed by atoms with E-state index in [0.29, 0.717) is 5.56 Å². The molecule has 0 N–H and O–H groups in total. The molecule has 1 aliphatic heterocycles. The van der Waals surface area contributed by atoms with E-state index in [-0.39, 0.29) is 11.9 Å². The molecule has 0 bridgehead atoms. The number of hydrogen-bond donors (Lipinski definition) is 0. The Morgan fingerprint density at radius 2 is 2.22 bits per heavy atom. The summed E-state index contributed by atoms with van der Waals surface area (Å²) in [5.74, 6) is -0.269. The number of fused-ring (bicyclic) bond motifs is 1. The van der Waals surface area contributed by atoms with Crippen molar-refractivity contribution in [2.75, 3.05) is 13.1 Å². The Hall–Kier alpha value is -2.72. The van der Waals surface area contributed by atoms with Gasteiger partial charge in [-0.3, -0.25) is 9.58 Å². The van der Waals surface area contributed by atoms with Gasteiger partial charge in [0, 0.05) is 38.2 Å². The summed E-state index contributed by atoms with van der Waals surface area (Å²) in [6.45, 7) is 2.55. The lowest BCUT2D eigenvalue weighted by Gasteiger charge is -2.14. The first-order chi connectivity index (χ1) is 11.2. The van der Waals surface area contributed by atoms with Crippen molar-refractivity contribution < 1.29 is 4.39 Å². The van der Waals surface area contributed by atoms with Crippen molar-refractivity contribution in [3.05, 3.63) is 54.0 Å². The second kappa shape index (κ2) is 5.48. The number of likely N-dealkylation sites (tertiary alicyclic amines) is 1. The van der Waals surface area contributed by atoms with Crippen molar-refractivity contribution in [3.8, 4) is 6.07 Å². The second-order valence-electron chi connectivity index (χ2n) is 5.84. The molecule has 4 rings (SSSR count). The number of rotatable bonds is 3. The number of nitriles is 1. The second-order valence-corrected chi connectivity index (χ2v) is 5.84. The molecular formula is C16H15FN6. The van der Waals surface area contributed by atoms with Gasteiger partial charge in [-0.2, -0.15) is 10.4 Å². The van der Waals surface area contributed by atoms with Gasteiger partial charge in [-0.1, -0.05) is 0 Å². The van der Waals surface area contributed by atoms with E-state index >= 15 is 0 Å². The predicted molar refractivity (Wildman–Crippen MR) is 81.0 cm³/mol. The normalized spacial score (nSPS) is 18.5. The van der Waals surface area contributed by atoms with Crippen molar-refractivity contribution in [1.29, 1.82) is 5.26 Å². The molecule has 23 heavy (non-hydrogen) atoms. The van der Waals surface area contributed by atoms with Gasteiger partial charge in [0.25, 0.3) is 0 Å². The summed E-state index contributed by atoms with van der Waals surface area (Å²) in [5.41, 5.74) is 2.27. The molecule has 0 aliphatic carbocycles. The smallest absolute Gasteiger partial charge is 0.139 e. The van der Waals surface area contributed by atoms with Crippen LogP contribution in [0.25, 0.3) is 5.65 Å². The highest BCUT2D eigenvalue weighted by Crippen LogP contribution is 2.22. The van der Waals surface area contributed by atoms with Crippen LogP contribution >= 0.6 is 0 Å². The topological polar surface area (TPSA) is 62.2 Å². The average molecular weight is 310 g/mol. The zero-order valence-corrected chi connectivity index (χ0v) is 12.4. The zero-order chi connectivity index (χ0) is 15.8. The van der Waals surface area contributed by atoms with E-state index in [1.165, 1.54) is 12.3 Å². The van der Waals surface area contributed by atoms with E-state index in [2.05, 4.69) is 21.1 Å². The maximum Gasteiger partial charge on any atom is 0.139 e. The number of hydrogen-bond acceptors (Lipinski definition) is 4. The van der Waals surface area contributed by atoms with Crippen molar-refractivity contribution in [2.24, 2.45) is 0 Å². The SMILES string of the molecule is N#Cc1cnn(C2CCN(Cc3cn4cc(F)ccc4n3)C2)c1. The highest BCUT2D eigenvalue weighted by atomic mass is 19.1. The van der Waals surface area contributed by atoms with E-state index < -0.39 is 0 Å². The maximum absolute atomic E-state index is 13.2. The molecule has 1 fully saturated rings. The molecule has 4 heterocycles. The summed E-state index contributed by atoms with van der Waals surface area (Å²) < 4.78 is 16.8. The van der Waals surface area contributed by atoms with Gasteiger partial charge in [-0.15, -0.1) is 0 Å². The lowest BCUT2D eigenvalue weighted by atomic mass is 10.3. The van der Waals surface area contributed by atoms with Gasteiger partial charge in [0.2, 0.25) is 0 Å². The molecule has 3 aromatic heterocycles. The fourth-order valence-electron chi connectivity index (χ4n) is 3.09. The molecule has 7 heteroatoms. The Morgan fingerprint density at radius 1 is 1.30 bits per heavy atom. The zero-order valence-electron chi connectivity index (χ0n) is 12.4. The van der Waals surface area contributed by atoms with E-state index in [1.54, 1.807) is 22.9 Å². The highest BCUT2D eigenvalue weighted by Gasteiger charge is 2.25. The van der Waals surface area contributed by atoms with E-state index in [0.717, 1.165) is 37.4 Å². The third-order valence-corrected chi connectivity index (χ3v) is 4.20. The van der Waals surface area contributed by atoms with Crippen LogP contribution < -0.4 is 0 Å². The third-order valence-electron chi connectivity index (χ3n) is 4.20. The number of pyridine rings is 1. The third kappa shape index (κ3) is 2.69. The molecule has 0 amide bonds. The number of imidazole rings is 1. The minimum atomic E-state index is -0.269. The number of halogens is 1. The monoisotopic (exact) mass is 310 g/mol. The van der Waals surface area contributed by atoms with Crippen LogP contribution in [-0.2, 0) is 6.54 Å². The molecule has 0 aromatic carbocycles. The molecule has 1 atom stereocenters. The molecular weight excluding hydrogens is 295 g/mol. The first-order valence-electron chi connectivity index (χ1n) is 7.51.